The minimum atomic E-state index is -4.58. The number of hydrogen-bond donors (Lipinski definition) is 1. The summed E-state index contributed by atoms with van der Waals surface area (Å²) in [5.74, 6) is -4.89. The Morgan fingerprint density at radius 2 is 2.00 bits per heavy atom. The van der Waals surface area contributed by atoms with Gasteiger partial charge < -0.3 is 5.32 Å². The molecule has 0 saturated heterocycles. The lowest BCUT2D eigenvalue weighted by molar-refractivity contribution is -0.147. The summed E-state index contributed by atoms with van der Waals surface area (Å²) in [5, 5.41) is 2.51. The number of alkyl halides is 4. The average molecular weight is 363 g/mol. The number of halogens is 4. The maximum absolute atomic E-state index is 12.7. The molecule has 0 spiro atoms. The number of carbonyl (C=O) groups excluding carboxylic acids is 1. The van der Waals surface area contributed by atoms with E-state index in [0.717, 1.165) is 6.07 Å². The third-order valence-electron chi connectivity index (χ3n) is 2.42. The van der Waals surface area contributed by atoms with Gasteiger partial charge in [0.05, 0.1) is 6.04 Å². The monoisotopic (exact) mass is 363 g/mol. The summed E-state index contributed by atoms with van der Waals surface area (Å²) in [6.07, 6.45) is -4.03. The Hall–Kier alpha value is -1.20. The Kier molecular flexibility index (Phi) is 5.93. The number of rotatable bonds is 7. The largest absolute Gasteiger partial charge is 0.349 e. The Morgan fingerprint density at radius 1 is 1.41 bits per heavy atom. The van der Waals surface area contributed by atoms with E-state index >= 15 is 0 Å². The molecule has 5 nitrogen and oxygen atoms in total. The van der Waals surface area contributed by atoms with Crippen molar-refractivity contribution >= 4 is 27.4 Å². The molecule has 0 aliphatic rings. The van der Waals surface area contributed by atoms with Gasteiger partial charge in [0.1, 0.15) is 10.8 Å². The zero-order valence-corrected chi connectivity index (χ0v) is 13.1. The van der Waals surface area contributed by atoms with Gasteiger partial charge in [-0.25, -0.2) is 8.78 Å². The molecule has 1 heterocycles. The maximum Gasteiger partial charge on any atom is 0.331 e. The lowest BCUT2D eigenvalue weighted by atomic mass is 10.3. The number of thiophene rings is 1. The minimum Gasteiger partial charge on any atom is -0.349 e. The second kappa shape index (κ2) is 6.92. The van der Waals surface area contributed by atoms with Crippen LogP contribution >= 0.6 is 11.3 Å². The number of hydrogen-bond acceptors (Lipinski definition) is 5. The van der Waals surface area contributed by atoms with Crippen LogP contribution < -0.4 is 5.32 Å². The van der Waals surface area contributed by atoms with Crippen LogP contribution in [0.3, 0.4) is 0 Å². The zero-order valence-electron chi connectivity index (χ0n) is 11.5. The average Bonchev–Trinajstić information content (AvgIpc) is 2.86. The van der Waals surface area contributed by atoms with Crippen LogP contribution in [0.1, 0.15) is 24.8 Å². The van der Waals surface area contributed by atoms with Gasteiger partial charge in [-0.05, 0) is 19.1 Å². The summed E-state index contributed by atoms with van der Waals surface area (Å²) < 4.78 is 76.2. The van der Waals surface area contributed by atoms with Crippen molar-refractivity contribution < 1.29 is 35.0 Å². The third-order valence-corrected chi connectivity index (χ3v) is 5.40. The molecule has 1 aromatic heterocycles. The Bertz CT molecular complexity index is 630. The molecule has 1 N–H and O–H groups in total. The molecule has 11 heteroatoms. The molecule has 0 radical (unpaired) electrons. The minimum absolute atomic E-state index is 0.335. The first-order valence-electron chi connectivity index (χ1n) is 5.88. The molecular formula is C11H13F4NO4S2. The lowest BCUT2D eigenvalue weighted by Crippen LogP contribution is -2.33. The Balaban J connectivity index is 2.83. The molecule has 22 heavy (non-hydrogen) atoms. The van der Waals surface area contributed by atoms with E-state index in [-0.39, 0.29) is 5.91 Å². The van der Waals surface area contributed by atoms with E-state index in [9.17, 15) is 30.8 Å². The second-order valence-corrected chi connectivity index (χ2v) is 7.31. The SMILES string of the molecule is CC(=O)N[C@@H](C)c1ccc(S(=O)(=O)OCC(F)(F)C(F)F)s1. The number of nitrogens with one attached hydrogen (secondary N) is 1. The summed E-state index contributed by atoms with van der Waals surface area (Å²) in [6.45, 7) is 0.925. The highest BCUT2D eigenvalue weighted by Crippen LogP contribution is 2.30. The molecule has 0 unspecified atom stereocenters. The zero-order chi connectivity index (χ0) is 17.1. The Labute approximate surface area is 128 Å². The number of carbonyl (C=O) groups is 1. The molecule has 1 rings (SSSR count). The van der Waals surface area contributed by atoms with E-state index < -0.39 is 39.3 Å². The summed E-state index contributed by atoms with van der Waals surface area (Å²) >= 11 is 0.689. The van der Waals surface area contributed by atoms with Crippen molar-refractivity contribution in [1.29, 1.82) is 0 Å². The van der Waals surface area contributed by atoms with Gasteiger partial charge in [0.25, 0.3) is 0 Å². The summed E-state index contributed by atoms with van der Waals surface area (Å²) in [7, 11) is -4.58. The molecule has 0 saturated carbocycles. The standard InChI is InChI=1S/C11H13F4NO4S2/c1-6(16-7(2)17)8-3-4-9(21-8)22(18,19)20-5-11(14,15)10(12)13/h3-4,6,10H,5H2,1-2H3,(H,16,17)/t6-/m0/s1. The quantitative estimate of drug-likeness (QED) is 0.597. The van der Waals surface area contributed by atoms with Crippen molar-refractivity contribution in [2.45, 2.75) is 36.4 Å². The first-order valence-corrected chi connectivity index (χ1v) is 8.10. The highest BCUT2D eigenvalue weighted by Gasteiger charge is 2.42. The molecule has 0 fully saturated rings. The highest BCUT2D eigenvalue weighted by molar-refractivity contribution is 7.89. The molecule has 1 aromatic rings. The molecule has 1 atom stereocenters. The fourth-order valence-corrected chi connectivity index (χ4v) is 3.60. The highest BCUT2D eigenvalue weighted by atomic mass is 32.3. The molecule has 0 aromatic carbocycles. The van der Waals surface area contributed by atoms with Crippen molar-refractivity contribution in [3.8, 4) is 0 Å². The summed E-state index contributed by atoms with van der Waals surface area (Å²) in [6, 6.07) is 1.97. The fourth-order valence-electron chi connectivity index (χ4n) is 1.35. The van der Waals surface area contributed by atoms with Crippen molar-refractivity contribution in [3.05, 3.63) is 17.0 Å². The fraction of sp³-hybridized carbons (Fsp3) is 0.545. The first-order chi connectivity index (χ1) is 9.95. The molecular weight excluding hydrogens is 350 g/mol. The predicted molar refractivity (Wildman–Crippen MR) is 70.6 cm³/mol. The molecule has 0 bridgehead atoms. The maximum atomic E-state index is 12.7. The van der Waals surface area contributed by atoms with Gasteiger partial charge in [-0.1, -0.05) is 0 Å². The predicted octanol–water partition coefficient (Wildman–Crippen LogP) is 2.55. The normalized spacial score (nSPS) is 14.1. The van der Waals surface area contributed by atoms with E-state index in [4.69, 9.17) is 0 Å². The van der Waals surface area contributed by atoms with Gasteiger partial charge in [-0.15, -0.1) is 11.3 Å². The van der Waals surface area contributed by atoms with Crippen LogP contribution in [0.25, 0.3) is 0 Å². The topological polar surface area (TPSA) is 72.5 Å². The smallest absolute Gasteiger partial charge is 0.331 e. The van der Waals surface area contributed by atoms with Crippen molar-refractivity contribution in [3.63, 3.8) is 0 Å². The van der Waals surface area contributed by atoms with E-state index in [1.54, 1.807) is 6.92 Å². The van der Waals surface area contributed by atoms with Crippen molar-refractivity contribution in [2.24, 2.45) is 0 Å². The van der Waals surface area contributed by atoms with Crippen LogP contribution in [-0.2, 0) is 19.1 Å². The molecule has 0 aliphatic carbocycles. The van der Waals surface area contributed by atoms with Crippen LogP contribution in [0.4, 0.5) is 17.6 Å². The van der Waals surface area contributed by atoms with E-state index in [1.807, 2.05) is 0 Å². The van der Waals surface area contributed by atoms with E-state index in [2.05, 4.69) is 9.50 Å². The first kappa shape index (κ1) is 18.8. The van der Waals surface area contributed by atoms with Crippen LogP contribution in [-0.4, -0.2) is 33.3 Å². The van der Waals surface area contributed by atoms with Gasteiger partial charge in [0, 0.05) is 11.8 Å². The van der Waals surface area contributed by atoms with Gasteiger partial charge in [-0.2, -0.15) is 17.2 Å². The molecule has 0 aliphatic heterocycles. The molecule has 1 amide bonds. The molecule has 126 valence electrons. The van der Waals surface area contributed by atoms with Crippen LogP contribution in [0.5, 0.6) is 0 Å². The van der Waals surface area contributed by atoms with Crippen LogP contribution in [0.2, 0.25) is 0 Å². The van der Waals surface area contributed by atoms with E-state index in [0.29, 0.717) is 16.2 Å². The number of amides is 1. The lowest BCUT2D eigenvalue weighted by Gasteiger charge is -2.14. The van der Waals surface area contributed by atoms with Gasteiger partial charge in [0.2, 0.25) is 5.91 Å². The third kappa shape index (κ3) is 4.92. The van der Waals surface area contributed by atoms with Crippen LogP contribution in [0, 0.1) is 0 Å². The van der Waals surface area contributed by atoms with Crippen LogP contribution in [0.15, 0.2) is 16.3 Å². The van der Waals surface area contributed by atoms with Crippen molar-refractivity contribution in [2.75, 3.05) is 6.61 Å². The summed E-state index contributed by atoms with van der Waals surface area (Å²) in [4.78, 5) is 11.3. The van der Waals surface area contributed by atoms with Crippen molar-refractivity contribution in [1.82, 2.24) is 5.32 Å². The van der Waals surface area contributed by atoms with E-state index in [1.165, 1.54) is 13.0 Å². The van der Waals surface area contributed by atoms with Gasteiger partial charge in [-0.3, -0.25) is 8.98 Å². The van der Waals surface area contributed by atoms with Gasteiger partial charge >= 0.3 is 22.5 Å². The Morgan fingerprint density at radius 3 is 2.50 bits per heavy atom. The van der Waals surface area contributed by atoms with Gasteiger partial charge in [0.15, 0.2) is 0 Å². The summed E-state index contributed by atoms with van der Waals surface area (Å²) in [5.41, 5.74) is 0. The second-order valence-electron chi connectivity index (χ2n) is 4.36.